The van der Waals surface area contributed by atoms with E-state index in [9.17, 15) is 29.4 Å². The summed E-state index contributed by atoms with van der Waals surface area (Å²) in [5, 5.41) is 34.6. The van der Waals surface area contributed by atoms with Gasteiger partial charge < -0.3 is 30.3 Å². The molecule has 0 radical (unpaired) electrons. The van der Waals surface area contributed by atoms with E-state index in [4.69, 9.17) is 16.7 Å². The average molecular weight is 484 g/mol. The predicted molar refractivity (Wildman–Crippen MR) is 119 cm³/mol. The van der Waals surface area contributed by atoms with E-state index < -0.39 is 54.0 Å². The molecule has 1 aliphatic heterocycles. The first kappa shape index (κ1) is 26.6. The number of halogens is 1. The summed E-state index contributed by atoms with van der Waals surface area (Å²) in [6.45, 7) is 5.66. The summed E-state index contributed by atoms with van der Waals surface area (Å²) < 4.78 is 0. The highest BCUT2D eigenvalue weighted by molar-refractivity contribution is 6.32. The number of aliphatic hydroxyl groups excluding tert-OH is 1. The topological polar surface area (TPSA) is 156 Å². The van der Waals surface area contributed by atoms with Gasteiger partial charge in [-0.25, -0.2) is 0 Å². The van der Waals surface area contributed by atoms with Crippen LogP contribution in [-0.4, -0.2) is 69.0 Å². The Morgan fingerprint density at radius 3 is 2.55 bits per heavy atom. The molecule has 182 valence electrons. The fourth-order valence-electron chi connectivity index (χ4n) is 3.76. The van der Waals surface area contributed by atoms with E-state index in [1.54, 1.807) is 20.8 Å². The number of carbonyl (C=O) groups is 4. The minimum absolute atomic E-state index is 0.0469. The lowest BCUT2D eigenvalue weighted by molar-refractivity contribution is -0.144. The maximum Gasteiger partial charge on any atom is 0.305 e. The number of nitrogens with zero attached hydrogens (tertiary/aromatic N) is 1. The molecule has 33 heavy (non-hydrogen) atoms. The molecule has 0 bridgehead atoms. The van der Waals surface area contributed by atoms with E-state index >= 15 is 0 Å². The highest BCUT2D eigenvalue weighted by atomic mass is 35.5. The maximum absolute atomic E-state index is 13.5. The lowest BCUT2D eigenvalue weighted by Crippen LogP contribution is -2.57. The molecule has 11 heteroatoms. The summed E-state index contributed by atoms with van der Waals surface area (Å²) in [7, 11) is 0. The smallest absolute Gasteiger partial charge is 0.305 e. The van der Waals surface area contributed by atoms with Gasteiger partial charge in [0.1, 0.15) is 24.3 Å². The molecule has 0 aromatic heterocycles. The number of carboxylic acids is 1. The van der Waals surface area contributed by atoms with Crippen LogP contribution in [0.4, 0.5) is 0 Å². The third kappa shape index (κ3) is 6.66. The number of benzene rings is 1. The molecule has 0 aliphatic carbocycles. The van der Waals surface area contributed by atoms with Crippen LogP contribution >= 0.6 is 11.6 Å². The summed E-state index contributed by atoms with van der Waals surface area (Å²) >= 11 is 6.09. The fraction of sp³-hybridized carbons (Fsp3) is 0.545. The van der Waals surface area contributed by atoms with Crippen molar-refractivity contribution < 1.29 is 34.5 Å². The number of aliphatic carboxylic acids is 1. The van der Waals surface area contributed by atoms with Gasteiger partial charge in [-0.05, 0) is 24.3 Å². The van der Waals surface area contributed by atoms with Crippen molar-refractivity contribution in [1.29, 1.82) is 0 Å². The minimum atomic E-state index is -1.37. The number of likely N-dealkylation sites (tertiary alicyclic amines) is 1. The van der Waals surface area contributed by atoms with Crippen molar-refractivity contribution in [2.45, 2.75) is 64.4 Å². The van der Waals surface area contributed by atoms with Gasteiger partial charge in [-0.3, -0.25) is 19.7 Å². The molecule has 0 saturated carbocycles. The number of carbonyl (C=O) groups excluding carboxylic acids is 3. The molecular formula is C22H30ClN3O7. The zero-order chi connectivity index (χ0) is 24.9. The zero-order valence-electron chi connectivity index (χ0n) is 18.7. The molecule has 1 aromatic rings. The van der Waals surface area contributed by atoms with E-state index in [2.05, 4.69) is 10.6 Å². The Hall–Kier alpha value is -2.69. The summed E-state index contributed by atoms with van der Waals surface area (Å²) in [5.41, 5.74) is -0.489. The van der Waals surface area contributed by atoms with E-state index in [1.807, 2.05) is 0 Å². The van der Waals surface area contributed by atoms with Crippen LogP contribution in [0.15, 0.2) is 18.2 Å². The number of phenols is 1. The van der Waals surface area contributed by atoms with Gasteiger partial charge in [0.25, 0.3) is 0 Å². The summed E-state index contributed by atoms with van der Waals surface area (Å²) in [6.07, 6.45) is -0.677. The van der Waals surface area contributed by atoms with Crippen molar-refractivity contribution in [3.8, 4) is 5.75 Å². The quantitative estimate of drug-likeness (QED) is 0.259. The fourth-order valence-corrected chi connectivity index (χ4v) is 3.99. The summed E-state index contributed by atoms with van der Waals surface area (Å²) in [5.74, 6) is -2.49. The molecule has 1 heterocycles. The van der Waals surface area contributed by atoms with E-state index in [0.29, 0.717) is 25.7 Å². The number of rotatable bonds is 9. The Kier molecular flexibility index (Phi) is 8.82. The second kappa shape index (κ2) is 11.0. The zero-order valence-corrected chi connectivity index (χ0v) is 19.5. The lowest BCUT2D eigenvalue weighted by Gasteiger charge is -2.37. The molecule has 1 unspecified atom stereocenters. The van der Waals surface area contributed by atoms with Crippen molar-refractivity contribution in [3.05, 3.63) is 28.8 Å². The van der Waals surface area contributed by atoms with Gasteiger partial charge in [-0.15, -0.1) is 0 Å². The Morgan fingerprint density at radius 2 is 1.97 bits per heavy atom. The Balaban J connectivity index is 2.22. The summed E-state index contributed by atoms with van der Waals surface area (Å²) in [6, 6.07) is 1.39. The van der Waals surface area contributed by atoms with Crippen molar-refractivity contribution in [2.24, 2.45) is 5.41 Å². The van der Waals surface area contributed by atoms with Gasteiger partial charge in [0.15, 0.2) is 0 Å². The highest BCUT2D eigenvalue weighted by Gasteiger charge is 2.42. The number of aromatic hydroxyl groups is 1. The number of aldehydes is 1. The van der Waals surface area contributed by atoms with Gasteiger partial charge in [-0.2, -0.15) is 0 Å². The molecule has 1 aliphatic rings. The van der Waals surface area contributed by atoms with Crippen LogP contribution in [0.2, 0.25) is 5.02 Å². The molecule has 1 aromatic carbocycles. The summed E-state index contributed by atoms with van der Waals surface area (Å²) in [4.78, 5) is 49.6. The Labute approximate surface area is 196 Å². The lowest BCUT2D eigenvalue weighted by atomic mass is 9.85. The molecule has 2 amide bonds. The van der Waals surface area contributed by atoms with Crippen LogP contribution < -0.4 is 10.6 Å². The first-order valence-electron chi connectivity index (χ1n) is 10.6. The van der Waals surface area contributed by atoms with E-state index in [1.165, 1.54) is 23.1 Å². The number of nitrogens with one attached hydrogen (secondary N) is 2. The number of phenolic OH excluding ortho intramolecular Hbond substituents is 1. The average Bonchev–Trinajstić information content (AvgIpc) is 3.21. The predicted octanol–water partition coefficient (Wildman–Crippen LogP) is 1.19. The third-order valence-corrected chi connectivity index (χ3v) is 5.88. The van der Waals surface area contributed by atoms with Gasteiger partial charge in [-0.1, -0.05) is 44.5 Å². The molecule has 4 atom stereocenters. The molecule has 2 rings (SSSR count). The maximum atomic E-state index is 13.5. The number of aliphatic hydroxyl groups is 1. The van der Waals surface area contributed by atoms with Crippen LogP contribution in [0, 0.1) is 5.41 Å². The molecule has 10 nitrogen and oxygen atoms in total. The van der Waals surface area contributed by atoms with Crippen LogP contribution in [0.3, 0.4) is 0 Å². The largest absolute Gasteiger partial charge is 0.506 e. The molecule has 0 spiro atoms. The Morgan fingerprint density at radius 1 is 1.30 bits per heavy atom. The van der Waals surface area contributed by atoms with Crippen molar-refractivity contribution in [2.75, 3.05) is 6.54 Å². The minimum Gasteiger partial charge on any atom is -0.506 e. The second-order valence-electron chi connectivity index (χ2n) is 9.09. The van der Waals surface area contributed by atoms with Crippen LogP contribution in [0.5, 0.6) is 5.75 Å². The number of hydrogen-bond donors (Lipinski definition) is 5. The highest BCUT2D eigenvalue weighted by Crippen LogP contribution is 2.32. The first-order valence-corrected chi connectivity index (χ1v) is 10.9. The Bertz CT molecular complexity index is 902. The number of amides is 2. The van der Waals surface area contributed by atoms with Crippen molar-refractivity contribution in [1.82, 2.24) is 15.5 Å². The standard InChI is InChI=1S/C22H30ClN3O7/c1-22(2,3)18(25-19(31)13-6-4-8-15(28)17(13)23)21(33)26-9-5-7-14(26)20(32)24-12(11-27)10-16(29)30/h4,6,8,11-12,14,18-19,25,28,31H,5,7,9-10H2,1-3H3,(H,24,32)(H,29,30)/t12-,14-,18+,19?/m0/s1. The van der Waals surface area contributed by atoms with Gasteiger partial charge >= 0.3 is 5.97 Å². The monoisotopic (exact) mass is 483 g/mol. The number of hydrogen-bond acceptors (Lipinski definition) is 7. The SMILES string of the molecule is CC(C)(C)[C@H](NC(O)c1cccc(O)c1Cl)C(=O)N1CCC[C@H]1C(=O)N[C@H](C=O)CC(=O)O. The normalized spacial score (nSPS) is 18.9. The molecule has 1 fully saturated rings. The van der Waals surface area contributed by atoms with Crippen LogP contribution in [0.25, 0.3) is 0 Å². The van der Waals surface area contributed by atoms with Gasteiger partial charge in [0, 0.05) is 12.1 Å². The van der Waals surface area contributed by atoms with Crippen LogP contribution in [0.1, 0.15) is 51.8 Å². The van der Waals surface area contributed by atoms with E-state index in [0.717, 1.165) is 0 Å². The number of carboxylic acid groups (broad SMARTS) is 1. The second-order valence-corrected chi connectivity index (χ2v) is 9.47. The molecular weight excluding hydrogens is 454 g/mol. The third-order valence-electron chi connectivity index (χ3n) is 5.47. The van der Waals surface area contributed by atoms with Crippen molar-refractivity contribution in [3.63, 3.8) is 0 Å². The molecule has 5 N–H and O–H groups in total. The first-order chi connectivity index (χ1) is 15.4. The molecule has 1 saturated heterocycles. The van der Waals surface area contributed by atoms with Crippen molar-refractivity contribution >= 4 is 35.7 Å². The van der Waals surface area contributed by atoms with Gasteiger partial charge in [0.05, 0.1) is 23.5 Å². The van der Waals surface area contributed by atoms with Gasteiger partial charge in [0.2, 0.25) is 11.8 Å². The van der Waals surface area contributed by atoms with E-state index in [-0.39, 0.29) is 16.3 Å². The van der Waals surface area contributed by atoms with Crippen LogP contribution in [-0.2, 0) is 19.2 Å².